The first-order valence-corrected chi connectivity index (χ1v) is 12.1. The zero-order valence-electron chi connectivity index (χ0n) is 19.0. The van der Waals surface area contributed by atoms with Crippen LogP contribution < -0.4 is 10.6 Å². The molecule has 2 saturated carbocycles. The highest BCUT2D eigenvalue weighted by atomic mass is 16.5. The molecule has 3 aliphatic carbocycles. The Morgan fingerprint density at radius 3 is 2.06 bits per heavy atom. The quantitative estimate of drug-likeness (QED) is 0.496. The fraction of sp³-hybridized carbons (Fsp3) is 0.444. The number of hydrogen-bond acceptors (Lipinski definition) is 4. The van der Waals surface area contributed by atoms with Crippen molar-refractivity contribution in [2.45, 2.75) is 44.1 Å². The lowest BCUT2D eigenvalue weighted by Crippen LogP contribution is -2.49. The maximum absolute atomic E-state index is 12.9. The summed E-state index contributed by atoms with van der Waals surface area (Å²) in [6.07, 6.45) is 3.23. The summed E-state index contributed by atoms with van der Waals surface area (Å²) in [6.45, 7) is 0.520. The second-order valence-electron chi connectivity index (χ2n) is 9.73. The van der Waals surface area contributed by atoms with Crippen molar-refractivity contribution in [2.75, 3.05) is 13.2 Å². The highest BCUT2D eigenvalue weighted by Crippen LogP contribution is 2.44. The Kier molecular flexibility index (Phi) is 6.26. The standard InChI is InChI=1S/C27H30N2O5/c30-24(31)13-18(16-9-10-16)14-28-26(32)25(17-11-12-17)29-27(33)34-15-23-21-7-3-1-5-19(21)20-6-2-4-8-22(20)23/h1-8,16-18,23,25H,9-15H2,(H,28,32)(H,29,33)(H,30,31). The molecule has 7 heteroatoms. The molecule has 0 aliphatic heterocycles. The number of benzene rings is 2. The Labute approximate surface area is 198 Å². The molecule has 0 bridgehead atoms. The van der Waals surface area contributed by atoms with E-state index in [9.17, 15) is 14.4 Å². The monoisotopic (exact) mass is 462 g/mol. The lowest BCUT2D eigenvalue weighted by Gasteiger charge is -2.21. The maximum atomic E-state index is 12.9. The van der Waals surface area contributed by atoms with Gasteiger partial charge < -0.3 is 20.5 Å². The van der Waals surface area contributed by atoms with E-state index in [0.717, 1.165) is 47.9 Å². The molecule has 34 heavy (non-hydrogen) atoms. The molecular formula is C27H30N2O5. The molecule has 2 fully saturated rings. The Bertz CT molecular complexity index is 1050. The summed E-state index contributed by atoms with van der Waals surface area (Å²) in [5.74, 6) is -0.740. The van der Waals surface area contributed by atoms with Crippen molar-refractivity contribution in [3.63, 3.8) is 0 Å². The minimum absolute atomic E-state index is 0.0401. The Balaban J connectivity index is 1.18. The van der Waals surface area contributed by atoms with Gasteiger partial charge >= 0.3 is 12.1 Å². The molecule has 0 saturated heterocycles. The van der Waals surface area contributed by atoms with Gasteiger partial charge in [-0.2, -0.15) is 0 Å². The van der Waals surface area contributed by atoms with Crippen LogP contribution in [0.25, 0.3) is 11.1 Å². The fourth-order valence-corrected chi connectivity index (χ4v) is 5.13. The van der Waals surface area contributed by atoms with Gasteiger partial charge in [-0.15, -0.1) is 0 Å². The van der Waals surface area contributed by atoms with Crippen LogP contribution in [0.4, 0.5) is 4.79 Å². The van der Waals surface area contributed by atoms with Crippen LogP contribution in [-0.2, 0) is 14.3 Å². The summed E-state index contributed by atoms with van der Waals surface area (Å²) in [4.78, 5) is 36.7. The summed E-state index contributed by atoms with van der Waals surface area (Å²) in [5, 5.41) is 14.8. The molecule has 0 radical (unpaired) electrons. The number of carbonyl (C=O) groups is 3. The van der Waals surface area contributed by atoms with E-state index in [-0.39, 0.29) is 36.7 Å². The van der Waals surface area contributed by atoms with Crippen LogP contribution in [0.5, 0.6) is 0 Å². The molecule has 2 atom stereocenters. The van der Waals surface area contributed by atoms with Gasteiger partial charge in [-0.1, -0.05) is 48.5 Å². The molecular weight excluding hydrogens is 432 g/mol. The molecule has 2 unspecified atom stereocenters. The van der Waals surface area contributed by atoms with E-state index >= 15 is 0 Å². The van der Waals surface area contributed by atoms with Crippen LogP contribution >= 0.6 is 0 Å². The zero-order valence-corrected chi connectivity index (χ0v) is 19.0. The molecule has 2 aromatic carbocycles. The van der Waals surface area contributed by atoms with E-state index in [2.05, 4.69) is 34.9 Å². The molecule has 178 valence electrons. The Hall–Kier alpha value is -3.35. The second kappa shape index (κ2) is 9.49. The van der Waals surface area contributed by atoms with Gasteiger partial charge in [0.15, 0.2) is 0 Å². The normalized spacial score (nSPS) is 18.4. The summed E-state index contributed by atoms with van der Waals surface area (Å²) >= 11 is 0. The topological polar surface area (TPSA) is 105 Å². The fourth-order valence-electron chi connectivity index (χ4n) is 5.13. The number of fused-ring (bicyclic) bond motifs is 3. The zero-order chi connectivity index (χ0) is 23.7. The Morgan fingerprint density at radius 1 is 0.912 bits per heavy atom. The first kappa shape index (κ1) is 22.4. The van der Waals surface area contributed by atoms with Gasteiger partial charge in [-0.3, -0.25) is 9.59 Å². The smallest absolute Gasteiger partial charge is 0.407 e. The number of amides is 2. The molecule has 0 spiro atoms. The van der Waals surface area contributed by atoms with Crippen LogP contribution in [0.15, 0.2) is 48.5 Å². The van der Waals surface area contributed by atoms with Crippen LogP contribution in [0.1, 0.15) is 49.1 Å². The summed E-state index contributed by atoms with van der Waals surface area (Å²) in [7, 11) is 0. The summed E-state index contributed by atoms with van der Waals surface area (Å²) in [6, 6.07) is 15.6. The number of rotatable bonds is 10. The highest BCUT2D eigenvalue weighted by Gasteiger charge is 2.39. The van der Waals surface area contributed by atoms with Crippen molar-refractivity contribution in [1.29, 1.82) is 0 Å². The second-order valence-corrected chi connectivity index (χ2v) is 9.73. The number of carboxylic acid groups (broad SMARTS) is 1. The van der Waals surface area contributed by atoms with Crippen LogP contribution in [0, 0.1) is 17.8 Å². The van der Waals surface area contributed by atoms with Crippen LogP contribution in [0.3, 0.4) is 0 Å². The first-order chi connectivity index (χ1) is 16.5. The number of carbonyl (C=O) groups excluding carboxylic acids is 2. The van der Waals surface area contributed by atoms with Crippen molar-refractivity contribution in [3.05, 3.63) is 59.7 Å². The van der Waals surface area contributed by atoms with Gasteiger partial charge in [-0.25, -0.2) is 4.79 Å². The van der Waals surface area contributed by atoms with Gasteiger partial charge in [0, 0.05) is 12.5 Å². The van der Waals surface area contributed by atoms with Crippen molar-refractivity contribution in [1.82, 2.24) is 10.6 Å². The van der Waals surface area contributed by atoms with Gasteiger partial charge in [-0.05, 0) is 65.7 Å². The summed E-state index contributed by atoms with van der Waals surface area (Å²) in [5.41, 5.74) is 4.60. The molecule has 3 N–H and O–H groups in total. The molecule has 3 aliphatic rings. The maximum Gasteiger partial charge on any atom is 0.407 e. The van der Waals surface area contributed by atoms with Crippen molar-refractivity contribution in [3.8, 4) is 11.1 Å². The average Bonchev–Trinajstić information content (AvgIpc) is 3.75. The largest absolute Gasteiger partial charge is 0.481 e. The number of alkyl carbamates (subject to hydrolysis) is 1. The predicted molar refractivity (Wildman–Crippen MR) is 126 cm³/mol. The number of nitrogens with one attached hydrogen (secondary N) is 2. The van der Waals surface area contributed by atoms with E-state index in [1.165, 1.54) is 0 Å². The summed E-state index contributed by atoms with van der Waals surface area (Å²) < 4.78 is 5.62. The molecule has 7 nitrogen and oxygen atoms in total. The van der Waals surface area contributed by atoms with Crippen molar-refractivity contribution >= 4 is 18.0 Å². The number of hydrogen-bond donors (Lipinski definition) is 3. The number of ether oxygens (including phenoxy) is 1. The van der Waals surface area contributed by atoms with Crippen molar-refractivity contribution < 1.29 is 24.2 Å². The Morgan fingerprint density at radius 2 is 1.50 bits per heavy atom. The minimum Gasteiger partial charge on any atom is -0.481 e. The molecule has 5 rings (SSSR count). The lowest BCUT2D eigenvalue weighted by molar-refractivity contribution is -0.138. The van der Waals surface area contributed by atoms with Gasteiger partial charge in [0.1, 0.15) is 12.6 Å². The van der Waals surface area contributed by atoms with Crippen LogP contribution in [-0.4, -0.2) is 42.3 Å². The van der Waals surface area contributed by atoms with Gasteiger partial charge in [0.25, 0.3) is 0 Å². The SMILES string of the molecule is O=C(O)CC(CNC(=O)C(NC(=O)OCC1c2ccccc2-c2ccccc21)C1CC1)C1CC1. The van der Waals surface area contributed by atoms with Gasteiger partial charge in [0.05, 0.1) is 6.42 Å². The molecule has 2 amide bonds. The van der Waals surface area contributed by atoms with E-state index in [1.807, 2.05) is 24.3 Å². The first-order valence-electron chi connectivity index (χ1n) is 12.1. The van der Waals surface area contributed by atoms with E-state index in [1.54, 1.807) is 0 Å². The van der Waals surface area contributed by atoms with Gasteiger partial charge in [0.2, 0.25) is 5.91 Å². The number of aliphatic carboxylic acids is 1. The average molecular weight is 463 g/mol. The van der Waals surface area contributed by atoms with E-state index < -0.39 is 18.1 Å². The van der Waals surface area contributed by atoms with E-state index in [4.69, 9.17) is 9.84 Å². The third-order valence-corrected chi connectivity index (χ3v) is 7.26. The highest BCUT2D eigenvalue weighted by molar-refractivity contribution is 5.86. The third-order valence-electron chi connectivity index (χ3n) is 7.26. The third kappa shape index (κ3) is 4.93. The minimum atomic E-state index is -0.846. The number of carboxylic acids is 1. The predicted octanol–water partition coefficient (Wildman–Crippen LogP) is 3.92. The van der Waals surface area contributed by atoms with E-state index in [0.29, 0.717) is 12.5 Å². The molecule has 2 aromatic rings. The van der Waals surface area contributed by atoms with Crippen LogP contribution in [0.2, 0.25) is 0 Å². The molecule has 0 heterocycles. The molecule has 0 aromatic heterocycles. The van der Waals surface area contributed by atoms with Crippen molar-refractivity contribution in [2.24, 2.45) is 17.8 Å². The lowest BCUT2D eigenvalue weighted by atomic mass is 9.98.